The van der Waals surface area contributed by atoms with Crippen LogP contribution in [0.1, 0.15) is 46.5 Å². The number of carbonyl (C=O) groups excluding carboxylic acids is 1. The molecule has 5 nitrogen and oxygen atoms in total. The zero-order valence-corrected chi connectivity index (χ0v) is 15.1. The van der Waals surface area contributed by atoms with Crippen molar-refractivity contribution in [3.63, 3.8) is 0 Å². The smallest absolute Gasteiger partial charge is 0.391 e. The number of carboxylic acid groups (broad SMARTS) is 1. The van der Waals surface area contributed by atoms with Crippen molar-refractivity contribution in [1.82, 2.24) is 4.98 Å². The highest BCUT2D eigenvalue weighted by molar-refractivity contribution is 7.35. The van der Waals surface area contributed by atoms with Crippen LogP contribution in [0.3, 0.4) is 0 Å². The summed E-state index contributed by atoms with van der Waals surface area (Å²) in [6.45, 7) is 8.27. The SMILES string of the molecule is CC[s+]1c(-c2ccc(OCC(C)C)c(C=O)c2)nc(C)c1C(=O)O. The van der Waals surface area contributed by atoms with Gasteiger partial charge in [0.15, 0.2) is 6.29 Å². The molecule has 0 saturated carbocycles. The predicted octanol–water partition coefficient (Wildman–Crippen LogP) is 4.37. The topological polar surface area (TPSA) is 76.5 Å². The van der Waals surface area contributed by atoms with E-state index < -0.39 is 16.4 Å². The summed E-state index contributed by atoms with van der Waals surface area (Å²) >= 11 is 0. The number of thiazole rings is 1. The van der Waals surface area contributed by atoms with Gasteiger partial charge in [0.1, 0.15) is 17.2 Å². The minimum Gasteiger partial charge on any atom is -0.493 e. The first kappa shape index (κ1) is 18.1. The molecule has 0 aliphatic carbocycles. The van der Waals surface area contributed by atoms with Gasteiger partial charge in [0.05, 0.1) is 17.7 Å². The lowest BCUT2D eigenvalue weighted by Gasteiger charge is -2.10. The van der Waals surface area contributed by atoms with Gasteiger partial charge < -0.3 is 9.84 Å². The fourth-order valence-electron chi connectivity index (χ4n) is 2.44. The van der Waals surface area contributed by atoms with Gasteiger partial charge in [-0.2, -0.15) is 4.98 Å². The van der Waals surface area contributed by atoms with Crippen LogP contribution in [0.2, 0.25) is 0 Å². The molecule has 0 fully saturated rings. The average Bonchev–Trinajstić information content (AvgIpc) is 2.89. The lowest BCUT2D eigenvalue weighted by Crippen LogP contribution is -2.06. The van der Waals surface area contributed by atoms with E-state index in [1.165, 1.54) is 0 Å². The quantitative estimate of drug-likeness (QED) is 0.594. The molecule has 0 aliphatic rings. The third-order valence-corrected chi connectivity index (χ3v) is 5.85. The largest absolute Gasteiger partial charge is 0.493 e. The summed E-state index contributed by atoms with van der Waals surface area (Å²) in [6, 6.07) is 5.33. The molecule has 24 heavy (non-hydrogen) atoms. The third kappa shape index (κ3) is 3.64. The number of rotatable bonds is 7. The van der Waals surface area contributed by atoms with Gasteiger partial charge in [-0.25, -0.2) is 4.79 Å². The summed E-state index contributed by atoms with van der Waals surface area (Å²) in [5.74, 6) is 0.642. The Kier molecular flexibility index (Phi) is 5.72. The van der Waals surface area contributed by atoms with Gasteiger partial charge in [-0.05, 0) is 38.0 Å². The van der Waals surface area contributed by atoms with Crippen molar-refractivity contribution in [2.75, 3.05) is 6.61 Å². The molecule has 1 unspecified atom stereocenters. The number of nitrogens with zero attached hydrogens (tertiary/aromatic N) is 1. The second-order valence-corrected chi connectivity index (χ2v) is 8.05. The molecule has 0 bridgehead atoms. The van der Waals surface area contributed by atoms with Crippen LogP contribution >= 0.6 is 10.5 Å². The summed E-state index contributed by atoms with van der Waals surface area (Å²) in [5, 5.41) is 10.1. The van der Waals surface area contributed by atoms with Crippen molar-refractivity contribution in [2.24, 2.45) is 5.92 Å². The van der Waals surface area contributed by atoms with E-state index >= 15 is 0 Å². The average molecular weight is 348 g/mol. The van der Waals surface area contributed by atoms with E-state index in [4.69, 9.17) is 4.74 Å². The van der Waals surface area contributed by atoms with Gasteiger partial charge >= 0.3 is 5.97 Å². The number of aromatic carboxylic acids is 1. The summed E-state index contributed by atoms with van der Waals surface area (Å²) in [6.07, 6.45) is 0.761. The van der Waals surface area contributed by atoms with E-state index in [9.17, 15) is 14.7 Å². The number of aryl methyl sites for hydroxylation is 1. The molecular formula is C18H22NO4S+. The normalized spacial score (nSPS) is 11.6. The highest BCUT2D eigenvalue weighted by atomic mass is 32.2. The molecule has 1 aromatic heterocycles. The van der Waals surface area contributed by atoms with E-state index in [-0.39, 0.29) is 0 Å². The van der Waals surface area contributed by atoms with E-state index in [1.54, 1.807) is 19.1 Å². The minimum atomic E-state index is -0.927. The predicted molar refractivity (Wildman–Crippen MR) is 95.2 cm³/mol. The van der Waals surface area contributed by atoms with E-state index in [0.717, 1.165) is 16.9 Å². The first-order valence-electron chi connectivity index (χ1n) is 7.85. The molecule has 1 N–H and O–H groups in total. The van der Waals surface area contributed by atoms with Crippen LogP contribution in [-0.2, 0) is 5.75 Å². The number of ether oxygens (including phenoxy) is 1. The number of carbonyl (C=O) groups is 2. The Labute approximate surface area is 144 Å². The maximum Gasteiger partial charge on any atom is 0.391 e. The molecule has 1 atom stereocenters. The highest BCUT2D eigenvalue weighted by Gasteiger charge is 2.31. The lowest BCUT2D eigenvalue weighted by atomic mass is 10.1. The first-order valence-corrected chi connectivity index (χ1v) is 9.24. The Morgan fingerprint density at radius 2 is 2.12 bits per heavy atom. The third-order valence-electron chi connectivity index (χ3n) is 3.52. The van der Waals surface area contributed by atoms with E-state index in [0.29, 0.717) is 40.2 Å². The molecule has 0 saturated heterocycles. The maximum atomic E-state index is 11.5. The summed E-state index contributed by atoms with van der Waals surface area (Å²) < 4.78 is 5.67. The molecule has 2 rings (SSSR count). The number of aldehydes is 1. The Balaban J connectivity index is 2.48. The second-order valence-electron chi connectivity index (χ2n) is 5.89. The van der Waals surface area contributed by atoms with E-state index in [1.807, 2.05) is 26.8 Å². The molecule has 0 amide bonds. The maximum absolute atomic E-state index is 11.5. The molecule has 6 heteroatoms. The van der Waals surface area contributed by atoms with Crippen molar-refractivity contribution < 1.29 is 19.4 Å². The number of aromatic nitrogens is 1. The molecule has 2 aromatic rings. The Morgan fingerprint density at radius 1 is 1.42 bits per heavy atom. The van der Waals surface area contributed by atoms with E-state index in [2.05, 4.69) is 4.98 Å². The van der Waals surface area contributed by atoms with Gasteiger partial charge in [-0.15, -0.1) is 0 Å². The monoisotopic (exact) mass is 348 g/mol. The summed E-state index contributed by atoms with van der Waals surface area (Å²) in [5.41, 5.74) is 1.77. The van der Waals surface area contributed by atoms with Crippen LogP contribution in [-0.4, -0.2) is 29.0 Å². The van der Waals surface area contributed by atoms with Crippen molar-refractivity contribution in [2.45, 2.75) is 33.4 Å². The molecule has 0 spiro atoms. The van der Waals surface area contributed by atoms with Gasteiger partial charge in [0.25, 0.3) is 9.88 Å². The van der Waals surface area contributed by atoms with Crippen LogP contribution in [0, 0.1) is 12.8 Å². The highest BCUT2D eigenvalue weighted by Crippen LogP contribution is 2.40. The zero-order valence-electron chi connectivity index (χ0n) is 14.3. The van der Waals surface area contributed by atoms with Crippen LogP contribution in [0.15, 0.2) is 18.2 Å². The summed E-state index contributed by atoms with van der Waals surface area (Å²) in [4.78, 5) is 27.7. The second kappa shape index (κ2) is 7.57. The fourth-order valence-corrected chi connectivity index (χ4v) is 4.47. The Hall–Kier alpha value is -2.21. The molecule has 1 heterocycles. The standard InChI is InChI=1S/C18H21NO4S/c1-5-24-16(18(21)22)12(4)19-17(24)13-6-7-15(14(8-13)9-20)23-10-11(2)3/h6-9,11H,5,10H2,1-4H3/p+1. The van der Waals surface area contributed by atoms with Gasteiger partial charge in [-0.3, -0.25) is 4.79 Å². The van der Waals surface area contributed by atoms with Crippen LogP contribution in [0.5, 0.6) is 5.75 Å². The van der Waals surface area contributed by atoms with Crippen LogP contribution in [0.4, 0.5) is 0 Å². The number of hydrogen-bond donors (Lipinski definition) is 1. The Bertz CT molecular complexity index is 765. The van der Waals surface area contributed by atoms with Gasteiger partial charge in [0, 0.05) is 10.5 Å². The zero-order chi connectivity index (χ0) is 17.9. The molecule has 128 valence electrons. The van der Waals surface area contributed by atoms with Crippen LogP contribution in [0.25, 0.3) is 10.6 Å². The van der Waals surface area contributed by atoms with Crippen molar-refractivity contribution in [3.8, 4) is 16.3 Å². The minimum absolute atomic E-state index is 0.360. The Morgan fingerprint density at radius 3 is 2.67 bits per heavy atom. The number of carboxylic acids is 1. The van der Waals surface area contributed by atoms with Crippen LogP contribution < -0.4 is 4.74 Å². The lowest BCUT2D eigenvalue weighted by molar-refractivity contribution is 0.0700. The molecular weight excluding hydrogens is 326 g/mol. The fraction of sp³-hybridized carbons (Fsp3) is 0.389. The first-order chi connectivity index (χ1) is 11.4. The molecule has 1 aromatic carbocycles. The van der Waals surface area contributed by atoms with Crippen molar-refractivity contribution in [1.29, 1.82) is 0 Å². The van der Waals surface area contributed by atoms with Gasteiger partial charge in [0.2, 0.25) is 0 Å². The number of benzene rings is 1. The molecule has 0 aliphatic heterocycles. The van der Waals surface area contributed by atoms with Crippen molar-refractivity contribution in [3.05, 3.63) is 34.3 Å². The van der Waals surface area contributed by atoms with Gasteiger partial charge in [-0.1, -0.05) is 13.8 Å². The summed E-state index contributed by atoms with van der Waals surface area (Å²) in [7, 11) is -0.576. The molecule has 0 radical (unpaired) electrons. The number of hydrogen-bond acceptors (Lipinski definition) is 4. The van der Waals surface area contributed by atoms with Crippen molar-refractivity contribution >= 4 is 22.7 Å².